The van der Waals surface area contributed by atoms with Crippen LogP contribution in [0.3, 0.4) is 0 Å². The average Bonchev–Trinajstić information content (AvgIpc) is 2.40. The predicted octanol–water partition coefficient (Wildman–Crippen LogP) is 4.01. The van der Waals surface area contributed by atoms with E-state index in [0.29, 0.717) is 24.1 Å². The van der Waals surface area contributed by atoms with Crippen LogP contribution in [0.1, 0.15) is 37.7 Å². The molecule has 0 aliphatic carbocycles. The normalized spacial score (nSPS) is 11.5. The maximum atomic E-state index is 5.98. The molecular formula is C16H20BrN3O. The maximum absolute atomic E-state index is 5.98. The largest absolute Gasteiger partial charge is 0.472 e. The number of hydrogen-bond acceptors (Lipinski definition) is 4. The topological polar surface area (TPSA) is 61.0 Å². The van der Waals surface area contributed by atoms with Gasteiger partial charge < -0.3 is 10.5 Å². The van der Waals surface area contributed by atoms with Crippen LogP contribution in [0.4, 0.5) is 5.82 Å². The van der Waals surface area contributed by atoms with Crippen LogP contribution in [0.15, 0.2) is 28.7 Å². The number of aromatic nitrogens is 2. The minimum atomic E-state index is -0.173. The summed E-state index contributed by atoms with van der Waals surface area (Å²) in [5, 5.41) is 0. The molecule has 4 nitrogen and oxygen atoms in total. The molecule has 0 saturated heterocycles. The molecule has 0 aliphatic heterocycles. The monoisotopic (exact) mass is 349 g/mol. The molecule has 2 rings (SSSR count). The Morgan fingerprint density at radius 1 is 1.19 bits per heavy atom. The van der Waals surface area contributed by atoms with Crippen LogP contribution < -0.4 is 10.5 Å². The first-order chi connectivity index (χ1) is 9.79. The molecule has 2 N–H and O–H groups in total. The second-order valence-corrected chi connectivity index (χ2v) is 6.85. The average molecular weight is 350 g/mol. The van der Waals surface area contributed by atoms with Crippen LogP contribution in [0, 0.1) is 6.92 Å². The fraction of sp³-hybridized carbons (Fsp3) is 0.375. The number of anilines is 1. The fourth-order valence-electron chi connectivity index (χ4n) is 1.75. The van der Waals surface area contributed by atoms with E-state index in [2.05, 4.69) is 46.7 Å². The Morgan fingerprint density at radius 3 is 2.48 bits per heavy atom. The standard InChI is InChI=1S/C16H20BrN3O/c1-10-13(18)19-15(16(2,3)4)20-14(10)21-9-11-7-5-6-8-12(11)17/h5-8H,9H2,1-4H3,(H2,18,19,20). The lowest BCUT2D eigenvalue weighted by molar-refractivity contribution is 0.287. The molecule has 21 heavy (non-hydrogen) atoms. The number of benzene rings is 1. The summed E-state index contributed by atoms with van der Waals surface area (Å²) in [5.41, 5.74) is 7.64. The molecular weight excluding hydrogens is 330 g/mol. The van der Waals surface area contributed by atoms with E-state index in [1.807, 2.05) is 31.2 Å². The van der Waals surface area contributed by atoms with E-state index in [9.17, 15) is 0 Å². The summed E-state index contributed by atoms with van der Waals surface area (Å²) >= 11 is 3.51. The van der Waals surface area contributed by atoms with Gasteiger partial charge in [0.15, 0.2) is 0 Å². The van der Waals surface area contributed by atoms with E-state index >= 15 is 0 Å². The molecule has 0 amide bonds. The highest BCUT2D eigenvalue weighted by atomic mass is 79.9. The Morgan fingerprint density at radius 2 is 1.86 bits per heavy atom. The summed E-state index contributed by atoms with van der Waals surface area (Å²) in [6, 6.07) is 7.94. The van der Waals surface area contributed by atoms with Crippen molar-refractivity contribution >= 4 is 21.7 Å². The van der Waals surface area contributed by atoms with Crippen LogP contribution in [-0.4, -0.2) is 9.97 Å². The van der Waals surface area contributed by atoms with Gasteiger partial charge in [0.25, 0.3) is 0 Å². The fourth-order valence-corrected chi connectivity index (χ4v) is 2.15. The quantitative estimate of drug-likeness (QED) is 0.909. The number of nitrogens with two attached hydrogens (primary N) is 1. The molecule has 1 aromatic heterocycles. The second kappa shape index (κ2) is 6.02. The van der Waals surface area contributed by atoms with E-state index in [4.69, 9.17) is 10.5 Å². The van der Waals surface area contributed by atoms with Gasteiger partial charge >= 0.3 is 0 Å². The van der Waals surface area contributed by atoms with Crippen molar-refractivity contribution in [3.63, 3.8) is 0 Å². The summed E-state index contributed by atoms with van der Waals surface area (Å²) in [6.45, 7) is 8.46. The summed E-state index contributed by atoms with van der Waals surface area (Å²) in [5.74, 6) is 1.70. The van der Waals surface area contributed by atoms with E-state index < -0.39 is 0 Å². The van der Waals surface area contributed by atoms with E-state index in [0.717, 1.165) is 15.6 Å². The minimum Gasteiger partial charge on any atom is -0.472 e. The summed E-state index contributed by atoms with van der Waals surface area (Å²) < 4.78 is 6.87. The molecule has 1 aromatic carbocycles. The van der Waals surface area contributed by atoms with Gasteiger partial charge in [-0.3, -0.25) is 0 Å². The first-order valence-electron chi connectivity index (χ1n) is 6.80. The van der Waals surface area contributed by atoms with Gasteiger partial charge in [-0.25, -0.2) is 4.98 Å². The molecule has 2 aromatic rings. The molecule has 0 aliphatic rings. The predicted molar refractivity (Wildman–Crippen MR) is 88.4 cm³/mol. The van der Waals surface area contributed by atoms with Crippen LogP contribution >= 0.6 is 15.9 Å². The van der Waals surface area contributed by atoms with Crippen molar-refractivity contribution in [2.45, 2.75) is 39.7 Å². The van der Waals surface area contributed by atoms with Crippen molar-refractivity contribution in [1.82, 2.24) is 9.97 Å². The second-order valence-electron chi connectivity index (χ2n) is 5.99. The Kier molecular flexibility index (Phi) is 4.52. The summed E-state index contributed by atoms with van der Waals surface area (Å²) in [4.78, 5) is 8.88. The molecule has 0 spiro atoms. The Balaban J connectivity index is 2.28. The van der Waals surface area contributed by atoms with Crippen molar-refractivity contribution in [3.05, 3.63) is 45.7 Å². The van der Waals surface area contributed by atoms with Crippen LogP contribution in [0.2, 0.25) is 0 Å². The maximum Gasteiger partial charge on any atom is 0.222 e. The van der Waals surface area contributed by atoms with Crippen molar-refractivity contribution in [2.75, 3.05) is 5.73 Å². The lowest BCUT2D eigenvalue weighted by atomic mass is 9.95. The van der Waals surface area contributed by atoms with Gasteiger partial charge in [0.1, 0.15) is 18.2 Å². The number of halogens is 1. The van der Waals surface area contributed by atoms with Crippen molar-refractivity contribution in [1.29, 1.82) is 0 Å². The van der Waals surface area contributed by atoms with E-state index in [1.54, 1.807) is 0 Å². The molecule has 0 atom stereocenters. The molecule has 5 heteroatoms. The minimum absolute atomic E-state index is 0.173. The summed E-state index contributed by atoms with van der Waals surface area (Å²) in [6.07, 6.45) is 0. The third-order valence-electron chi connectivity index (χ3n) is 3.13. The number of ether oxygens (including phenoxy) is 1. The highest BCUT2D eigenvalue weighted by Gasteiger charge is 2.21. The van der Waals surface area contributed by atoms with E-state index in [-0.39, 0.29) is 5.41 Å². The molecule has 0 fully saturated rings. The number of rotatable bonds is 3. The molecule has 112 valence electrons. The van der Waals surface area contributed by atoms with Crippen LogP contribution in [0.5, 0.6) is 5.88 Å². The molecule has 0 unspecified atom stereocenters. The Hall–Kier alpha value is -1.62. The zero-order valence-electron chi connectivity index (χ0n) is 12.8. The number of nitrogens with zero attached hydrogens (tertiary/aromatic N) is 2. The van der Waals surface area contributed by atoms with Crippen LogP contribution in [-0.2, 0) is 12.0 Å². The van der Waals surface area contributed by atoms with Gasteiger partial charge in [-0.15, -0.1) is 0 Å². The van der Waals surface area contributed by atoms with Crippen molar-refractivity contribution in [2.24, 2.45) is 0 Å². The van der Waals surface area contributed by atoms with Crippen LogP contribution in [0.25, 0.3) is 0 Å². The van der Waals surface area contributed by atoms with Gasteiger partial charge in [-0.1, -0.05) is 54.9 Å². The zero-order chi connectivity index (χ0) is 15.6. The molecule has 0 bridgehead atoms. The number of hydrogen-bond donors (Lipinski definition) is 1. The SMILES string of the molecule is Cc1c(N)nc(C(C)(C)C)nc1OCc1ccccc1Br. The summed E-state index contributed by atoms with van der Waals surface area (Å²) in [7, 11) is 0. The van der Waals surface area contributed by atoms with E-state index in [1.165, 1.54) is 0 Å². The third kappa shape index (κ3) is 3.73. The van der Waals surface area contributed by atoms with Crippen molar-refractivity contribution < 1.29 is 4.74 Å². The first-order valence-corrected chi connectivity index (χ1v) is 7.59. The molecule has 0 radical (unpaired) electrons. The first kappa shape index (κ1) is 15.8. The zero-order valence-corrected chi connectivity index (χ0v) is 14.4. The Labute approximate surface area is 133 Å². The van der Waals surface area contributed by atoms with Crippen molar-refractivity contribution in [3.8, 4) is 5.88 Å². The highest BCUT2D eigenvalue weighted by molar-refractivity contribution is 9.10. The lowest BCUT2D eigenvalue weighted by Crippen LogP contribution is -2.18. The van der Waals surface area contributed by atoms with Gasteiger partial charge in [-0.2, -0.15) is 4.98 Å². The highest BCUT2D eigenvalue weighted by Crippen LogP contribution is 2.27. The molecule has 0 saturated carbocycles. The smallest absolute Gasteiger partial charge is 0.222 e. The van der Waals surface area contributed by atoms with Gasteiger partial charge in [0.05, 0.1) is 5.56 Å². The molecule has 1 heterocycles. The Bertz CT molecular complexity index is 650. The lowest BCUT2D eigenvalue weighted by Gasteiger charge is -2.19. The van der Waals surface area contributed by atoms with Gasteiger partial charge in [0, 0.05) is 15.5 Å². The van der Waals surface area contributed by atoms with Gasteiger partial charge in [0.2, 0.25) is 5.88 Å². The number of nitrogen functional groups attached to an aromatic ring is 1. The third-order valence-corrected chi connectivity index (χ3v) is 3.91. The van der Waals surface area contributed by atoms with Gasteiger partial charge in [-0.05, 0) is 13.0 Å².